The Morgan fingerprint density at radius 3 is 2.52 bits per heavy atom. The van der Waals surface area contributed by atoms with Crippen LogP contribution >= 0.6 is 0 Å². The van der Waals surface area contributed by atoms with Gasteiger partial charge in [-0.2, -0.15) is 0 Å². The normalized spacial score (nSPS) is 30.0. The molecule has 4 nitrogen and oxygen atoms in total. The van der Waals surface area contributed by atoms with Crippen LogP contribution in [-0.4, -0.2) is 60.5 Å². The number of piperidine rings is 1. The van der Waals surface area contributed by atoms with Crippen LogP contribution in [0.15, 0.2) is 0 Å². The Balaban J connectivity index is 1.75. The van der Waals surface area contributed by atoms with Crippen molar-refractivity contribution in [1.29, 1.82) is 0 Å². The molecule has 0 amide bonds. The maximum Gasteiger partial charge on any atom is 0.0900 e. The van der Waals surface area contributed by atoms with Crippen LogP contribution in [0, 0.1) is 0 Å². The van der Waals surface area contributed by atoms with Gasteiger partial charge in [0.15, 0.2) is 0 Å². The lowest BCUT2D eigenvalue weighted by Crippen LogP contribution is -2.50. The van der Waals surface area contributed by atoms with Crippen LogP contribution in [0.1, 0.15) is 58.8 Å². The average Bonchev–Trinajstić information content (AvgIpc) is 2.81. The van der Waals surface area contributed by atoms with E-state index in [-0.39, 0.29) is 6.10 Å². The summed E-state index contributed by atoms with van der Waals surface area (Å²) in [7, 11) is 0. The van der Waals surface area contributed by atoms with Crippen molar-refractivity contribution in [3.8, 4) is 0 Å². The maximum atomic E-state index is 10.2. The minimum Gasteiger partial charge on any atom is -0.389 e. The first kappa shape index (κ1) is 17.2. The van der Waals surface area contributed by atoms with Crippen LogP contribution in [0.5, 0.6) is 0 Å². The molecule has 3 atom stereocenters. The van der Waals surface area contributed by atoms with E-state index in [2.05, 4.69) is 24.1 Å². The van der Waals surface area contributed by atoms with Crippen molar-refractivity contribution in [1.82, 2.24) is 10.2 Å². The lowest BCUT2D eigenvalue weighted by Gasteiger charge is -2.38. The minimum atomic E-state index is -0.346. The fourth-order valence-corrected chi connectivity index (χ4v) is 3.82. The molecule has 0 aliphatic carbocycles. The van der Waals surface area contributed by atoms with E-state index >= 15 is 0 Å². The van der Waals surface area contributed by atoms with E-state index in [1.54, 1.807) is 0 Å². The van der Waals surface area contributed by atoms with E-state index in [0.717, 1.165) is 39.0 Å². The predicted molar refractivity (Wildman–Crippen MR) is 86.6 cm³/mol. The Bertz CT molecular complexity index is 276. The Morgan fingerprint density at radius 2 is 1.90 bits per heavy atom. The molecule has 2 fully saturated rings. The van der Waals surface area contributed by atoms with Crippen molar-refractivity contribution in [2.45, 2.75) is 83.0 Å². The monoisotopic (exact) mass is 298 g/mol. The van der Waals surface area contributed by atoms with Crippen LogP contribution in [0.2, 0.25) is 0 Å². The molecule has 0 radical (unpaired) electrons. The molecule has 2 aliphatic heterocycles. The second-order valence-corrected chi connectivity index (χ2v) is 6.84. The molecule has 21 heavy (non-hydrogen) atoms. The van der Waals surface area contributed by atoms with E-state index in [4.69, 9.17) is 4.74 Å². The number of fused-ring (bicyclic) bond motifs is 2. The van der Waals surface area contributed by atoms with Crippen LogP contribution in [0.3, 0.4) is 0 Å². The van der Waals surface area contributed by atoms with Crippen LogP contribution in [-0.2, 0) is 4.74 Å². The molecule has 2 saturated heterocycles. The van der Waals surface area contributed by atoms with Crippen molar-refractivity contribution in [2.24, 2.45) is 0 Å². The number of ether oxygens (including phenoxy) is 1. The van der Waals surface area contributed by atoms with Crippen molar-refractivity contribution in [3.05, 3.63) is 0 Å². The van der Waals surface area contributed by atoms with Gasteiger partial charge in [0.2, 0.25) is 0 Å². The third-order valence-electron chi connectivity index (χ3n) is 4.87. The third-order valence-corrected chi connectivity index (χ3v) is 4.87. The summed E-state index contributed by atoms with van der Waals surface area (Å²) >= 11 is 0. The molecule has 2 aliphatic rings. The van der Waals surface area contributed by atoms with Gasteiger partial charge < -0.3 is 15.2 Å². The number of aliphatic hydroxyl groups excluding tert-OH is 1. The number of hydrogen-bond acceptors (Lipinski definition) is 4. The number of nitrogens with one attached hydrogen (secondary N) is 1. The second kappa shape index (κ2) is 9.09. The molecule has 0 aromatic rings. The highest BCUT2D eigenvalue weighted by Gasteiger charge is 2.36. The number of hydrogen-bond donors (Lipinski definition) is 2. The fourth-order valence-electron chi connectivity index (χ4n) is 3.82. The van der Waals surface area contributed by atoms with E-state index < -0.39 is 0 Å². The summed E-state index contributed by atoms with van der Waals surface area (Å²) in [4.78, 5) is 2.51. The van der Waals surface area contributed by atoms with E-state index in [1.165, 1.54) is 25.7 Å². The van der Waals surface area contributed by atoms with E-state index in [1.807, 2.05) is 0 Å². The Hall–Kier alpha value is -0.160. The summed E-state index contributed by atoms with van der Waals surface area (Å²) in [6.45, 7) is 7.51. The van der Waals surface area contributed by atoms with Gasteiger partial charge in [-0.1, -0.05) is 20.3 Å². The zero-order chi connectivity index (χ0) is 15.1. The van der Waals surface area contributed by atoms with Crippen LogP contribution in [0.25, 0.3) is 0 Å². The van der Waals surface area contributed by atoms with Crippen LogP contribution < -0.4 is 5.32 Å². The van der Waals surface area contributed by atoms with Crippen molar-refractivity contribution in [2.75, 3.05) is 26.3 Å². The minimum absolute atomic E-state index is 0.346. The molecular weight excluding hydrogens is 264 g/mol. The lowest BCUT2D eigenvalue weighted by molar-refractivity contribution is 0.00243. The summed E-state index contributed by atoms with van der Waals surface area (Å²) < 4.78 is 5.57. The van der Waals surface area contributed by atoms with Gasteiger partial charge in [0, 0.05) is 31.3 Å². The first-order chi connectivity index (χ1) is 10.2. The molecular formula is C17H34N2O2. The molecule has 2 bridgehead atoms. The zero-order valence-corrected chi connectivity index (χ0v) is 13.9. The first-order valence-electron chi connectivity index (χ1n) is 8.98. The summed E-state index contributed by atoms with van der Waals surface area (Å²) in [6.07, 6.45) is 8.22. The Kier molecular flexibility index (Phi) is 7.44. The number of rotatable bonds is 10. The first-order valence-corrected chi connectivity index (χ1v) is 8.98. The van der Waals surface area contributed by atoms with Gasteiger partial charge in [-0.25, -0.2) is 0 Å². The molecule has 2 heterocycles. The van der Waals surface area contributed by atoms with E-state index in [0.29, 0.717) is 24.7 Å². The Morgan fingerprint density at radius 1 is 1.19 bits per heavy atom. The number of unbranched alkanes of at least 4 members (excludes halogenated alkanes) is 1. The number of aliphatic hydroxyl groups is 1. The molecule has 2 rings (SSSR count). The van der Waals surface area contributed by atoms with Gasteiger partial charge in [0.1, 0.15) is 0 Å². The average molecular weight is 298 g/mol. The summed E-state index contributed by atoms with van der Waals surface area (Å²) in [5, 5.41) is 13.9. The molecule has 3 unspecified atom stereocenters. The van der Waals surface area contributed by atoms with Gasteiger partial charge in [-0.05, 0) is 45.1 Å². The molecule has 124 valence electrons. The third kappa shape index (κ3) is 5.51. The quantitative estimate of drug-likeness (QED) is 0.607. The molecule has 0 aromatic heterocycles. The summed E-state index contributed by atoms with van der Waals surface area (Å²) in [5.74, 6) is 0. The highest BCUT2D eigenvalue weighted by molar-refractivity contribution is 4.95. The number of nitrogens with zero attached hydrogens (tertiary/aromatic N) is 1. The summed E-state index contributed by atoms with van der Waals surface area (Å²) in [5.41, 5.74) is 0. The lowest BCUT2D eigenvalue weighted by atomic mass is 9.97. The molecule has 0 saturated carbocycles. The highest BCUT2D eigenvalue weighted by atomic mass is 16.5. The van der Waals surface area contributed by atoms with Crippen molar-refractivity contribution in [3.63, 3.8) is 0 Å². The molecule has 4 heteroatoms. The Labute approximate surface area is 130 Å². The predicted octanol–water partition coefficient (Wildman–Crippen LogP) is 2.16. The standard InChI is InChI=1S/C17H34N2O2/c1-3-5-9-21-13-17(20)12-19(8-4-2)16-10-14-6-7-15(11-16)18-14/h14-18,20H,3-13H2,1-2H3. The van der Waals surface area contributed by atoms with Gasteiger partial charge in [0.05, 0.1) is 12.7 Å². The van der Waals surface area contributed by atoms with Crippen molar-refractivity contribution < 1.29 is 9.84 Å². The van der Waals surface area contributed by atoms with Crippen molar-refractivity contribution >= 4 is 0 Å². The SMILES string of the molecule is CCCCOCC(O)CN(CCC)C1CC2CCC(C1)N2. The largest absolute Gasteiger partial charge is 0.389 e. The van der Waals surface area contributed by atoms with E-state index in [9.17, 15) is 5.11 Å². The van der Waals surface area contributed by atoms with Gasteiger partial charge in [-0.15, -0.1) is 0 Å². The molecule has 2 N–H and O–H groups in total. The smallest absolute Gasteiger partial charge is 0.0900 e. The van der Waals surface area contributed by atoms with Gasteiger partial charge in [-0.3, -0.25) is 4.90 Å². The highest BCUT2D eigenvalue weighted by Crippen LogP contribution is 2.29. The summed E-state index contributed by atoms with van der Waals surface area (Å²) in [6, 6.07) is 2.08. The fraction of sp³-hybridized carbons (Fsp3) is 1.00. The zero-order valence-electron chi connectivity index (χ0n) is 13.9. The molecule has 0 aromatic carbocycles. The second-order valence-electron chi connectivity index (χ2n) is 6.84. The van der Waals surface area contributed by atoms with Gasteiger partial charge in [0.25, 0.3) is 0 Å². The van der Waals surface area contributed by atoms with Gasteiger partial charge >= 0.3 is 0 Å². The molecule has 0 spiro atoms. The topological polar surface area (TPSA) is 44.7 Å². The van der Waals surface area contributed by atoms with Crippen LogP contribution in [0.4, 0.5) is 0 Å². The maximum absolute atomic E-state index is 10.2.